The predicted molar refractivity (Wildman–Crippen MR) is 69.4 cm³/mol. The highest BCUT2D eigenvalue weighted by atomic mass is 16.4. The predicted octanol–water partition coefficient (Wildman–Crippen LogP) is 0.518. The zero-order chi connectivity index (χ0) is 14.4. The molecular weight excluding hydrogens is 248 g/mol. The summed E-state index contributed by atoms with van der Waals surface area (Å²) in [6.45, 7) is 3.57. The molecule has 0 radical (unpaired) electrons. The molecule has 1 aliphatic carbocycles. The number of nitrogens with one attached hydrogen (secondary N) is 2. The molecule has 0 spiro atoms. The molecule has 1 saturated carbocycles. The van der Waals surface area contributed by atoms with Gasteiger partial charge >= 0.3 is 5.97 Å². The summed E-state index contributed by atoms with van der Waals surface area (Å²) in [5.41, 5.74) is 0. The zero-order valence-corrected chi connectivity index (χ0v) is 11.4. The van der Waals surface area contributed by atoms with Crippen molar-refractivity contribution in [3.63, 3.8) is 0 Å². The second-order valence-corrected chi connectivity index (χ2v) is 5.28. The first-order valence-electron chi connectivity index (χ1n) is 6.71. The fraction of sp³-hybridized carbons (Fsp3) is 0.769. The molecule has 0 aromatic heterocycles. The molecule has 0 heterocycles. The van der Waals surface area contributed by atoms with E-state index in [1.807, 2.05) is 13.8 Å². The summed E-state index contributed by atoms with van der Waals surface area (Å²) in [7, 11) is 0. The lowest BCUT2D eigenvalue weighted by molar-refractivity contribution is -0.149. The minimum Gasteiger partial charge on any atom is -0.481 e. The van der Waals surface area contributed by atoms with Gasteiger partial charge in [-0.05, 0) is 26.7 Å². The summed E-state index contributed by atoms with van der Waals surface area (Å²) in [4.78, 5) is 34.5. The van der Waals surface area contributed by atoms with Gasteiger partial charge in [-0.2, -0.15) is 0 Å². The van der Waals surface area contributed by atoms with Gasteiger partial charge in [0.15, 0.2) is 0 Å². The number of hydrogen-bond donors (Lipinski definition) is 3. The first-order valence-corrected chi connectivity index (χ1v) is 6.71. The van der Waals surface area contributed by atoms with E-state index in [2.05, 4.69) is 10.6 Å². The Bertz CT molecular complexity index is 355. The highest BCUT2D eigenvalue weighted by Gasteiger charge is 2.35. The SMILES string of the molecule is CC(C)NC(=O)CNC(=O)C1CCCCC1C(=O)O. The highest BCUT2D eigenvalue weighted by molar-refractivity contribution is 5.88. The maximum atomic E-state index is 11.9. The molecule has 108 valence electrons. The first-order chi connectivity index (χ1) is 8.91. The van der Waals surface area contributed by atoms with Gasteiger partial charge in [-0.15, -0.1) is 0 Å². The van der Waals surface area contributed by atoms with Crippen LogP contribution in [0, 0.1) is 11.8 Å². The molecule has 19 heavy (non-hydrogen) atoms. The van der Waals surface area contributed by atoms with Crippen LogP contribution in [0.3, 0.4) is 0 Å². The molecule has 2 unspecified atom stereocenters. The van der Waals surface area contributed by atoms with E-state index in [1.54, 1.807) is 0 Å². The van der Waals surface area contributed by atoms with Crippen molar-refractivity contribution in [2.45, 2.75) is 45.6 Å². The Labute approximate surface area is 112 Å². The van der Waals surface area contributed by atoms with Gasteiger partial charge in [0.05, 0.1) is 18.4 Å². The van der Waals surface area contributed by atoms with Crippen LogP contribution in [0.15, 0.2) is 0 Å². The van der Waals surface area contributed by atoms with Crippen LogP contribution in [0.5, 0.6) is 0 Å². The lowest BCUT2D eigenvalue weighted by Crippen LogP contribution is -2.44. The number of carboxylic acids is 1. The molecule has 0 aromatic carbocycles. The molecule has 1 aliphatic rings. The van der Waals surface area contributed by atoms with E-state index >= 15 is 0 Å². The van der Waals surface area contributed by atoms with Gasteiger partial charge in [0, 0.05) is 6.04 Å². The number of rotatable bonds is 5. The molecule has 2 atom stereocenters. The Morgan fingerprint density at radius 3 is 2.26 bits per heavy atom. The standard InChI is InChI=1S/C13H22N2O4/c1-8(2)15-11(16)7-14-12(17)9-5-3-4-6-10(9)13(18)19/h8-10H,3-7H2,1-2H3,(H,14,17)(H,15,16)(H,18,19). The van der Waals surface area contributed by atoms with Crippen molar-refractivity contribution in [3.05, 3.63) is 0 Å². The number of carbonyl (C=O) groups excluding carboxylic acids is 2. The Balaban J connectivity index is 2.47. The summed E-state index contributed by atoms with van der Waals surface area (Å²) >= 11 is 0. The summed E-state index contributed by atoms with van der Waals surface area (Å²) in [5, 5.41) is 14.3. The molecule has 0 aliphatic heterocycles. The molecular formula is C13H22N2O4. The number of carbonyl (C=O) groups is 3. The third-order valence-corrected chi connectivity index (χ3v) is 3.29. The van der Waals surface area contributed by atoms with Crippen molar-refractivity contribution >= 4 is 17.8 Å². The minimum absolute atomic E-state index is 0.0193. The Hall–Kier alpha value is -1.59. The Morgan fingerprint density at radius 2 is 1.74 bits per heavy atom. The fourth-order valence-corrected chi connectivity index (χ4v) is 2.41. The summed E-state index contributed by atoms with van der Waals surface area (Å²) < 4.78 is 0. The largest absolute Gasteiger partial charge is 0.481 e. The molecule has 1 fully saturated rings. The second-order valence-electron chi connectivity index (χ2n) is 5.28. The molecule has 6 heteroatoms. The number of hydrogen-bond acceptors (Lipinski definition) is 3. The van der Waals surface area contributed by atoms with Gasteiger partial charge in [0.2, 0.25) is 11.8 Å². The fourth-order valence-electron chi connectivity index (χ4n) is 2.41. The van der Waals surface area contributed by atoms with E-state index < -0.39 is 17.8 Å². The number of carboxylic acid groups (broad SMARTS) is 1. The van der Waals surface area contributed by atoms with Crippen molar-refractivity contribution in [1.82, 2.24) is 10.6 Å². The number of aliphatic carboxylic acids is 1. The summed E-state index contributed by atoms with van der Waals surface area (Å²) in [5.74, 6) is -2.65. The zero-order valence-electron chi connectivity index (χ0n) is 11.4. The van der Waals surface area contributed by atoms with Crippen molar-refractivity contribution in [2.24, 2.45) is 11.8 Å². The molecule has 0 bridgehead atoms. The average Bonchev–Trinajstić information content (AvgIpc) is 2.35. The van der Waals surface area contributed by atoms with Gasteiger partial charge in [-0.3, -0.25) is 14.4 Å². The molecule has 3 N–H and O–H groups in total. The van der Waals surface area contributed by atoms with E-state index in [0.29, 0.717) is 12.8 Å². The van der Waals surface area contributed by atoms with Crippen LogP contribution in [0.2, 0.25) is 0 Å². The third kappa shape index (κ3) is 4.89. The quantitative estimate of drug-likeness (QED) is 0.678. The van der Waals surface area contributed by atoms with Gasteiger partial charge in [-0.1, -0.05) is 12.8 Å². The van der Waals surface area contributed by atoms with E-state index in [-0.39, 0.29) is 24.4 Å². The average molecular weight is 270 g/mol. The van der Waals surface area contributed by atoms with Gasteiger partial charge < -0.3 is 15.7 Å². The van der Waals surface area contributed by atoms with Gasteiger partial charge in [0.1, 0.15) is 0 Å². The summed E-state index contributed by atoms with van der Waals surface area (Å²) in [6.07, 6.45) is 2.81. The van der Waals surface area contributed by atoms with Crippen molar-refractivity contribution in [1.29, 1.82) is 0 Å². The Morgan fingerprint density at radius 1 is 1.16 bits per heavy atom. The highest BCUT2D eigenvalue weighted by Crippen LogP contribution is 2.30. The van der Waals surface area contributed by atoms with Crippen LogP contribution in [0.4, 0.5) is 0 Å². The van der Waals surface area contributed by atoms with Crippen LogP contribution in [-0.4, -0.2) is 35.5 Å². The first kappa shape index (κ1) is 15.5. The summed E-state index contributed by atoms with van der Waals surface area (Å²) in [6, 6.07) is 0.0193. The lowest BCUT2D eigenvalue weighted by atomic mass is 9.79. The van der Waals surface area contributed by atoms with Crippen LogP contribution in [-0.2, 0) is 14.4 Å². The second kappa shape index (κ2) is 7.11. The van der Waals surface area contributed by atoms with Crippen LogP contribution in [0.25, 0.3) is 0 Å². The van der Waals surface area contributed by atoms with E-state index in [1.165, 1.54) is 0 Å². The smallest absolute Gasteiger partial charge is 0.307 e. The van der Waals surface area contributed by atoms with Crippen LogP contribution >= 0.6 is 0 Å². The molecule has 6 nitrogen and oxygen atoms in total. The molecule has 0 saturated heterocycles. The third-order valence-electron chi connectivity index (χ3n) is 3.29. The normalized spacial score (nSPS) is 22.9. The maximum absolute atomic E-state index is 11.9. The van der Waals surface area contributed by atoms with Crippen molar-refractivity contribution < 1.29 is 19.5 Å². The van der Waals surface area contributed by atoms with Crippen LogP contribution in [0.1, 0.15) is 39.5 Å². The van der Waals surface area contributed by atoms with E-state index in [9.17, 15) is 14.4 Å². The monoisotopic (exact) mass is 270 g/mol. The molecule has 2 amide bonds. The van der Waals surface area contributed by atoms with Crippen LogP contribution < -0.4 is 10.6 Å². The molecule has 1 rings (SSSR count). The number of amides is 2. The van der Waals surface area contributed by atoms with Crippen molar-refractivity contribution in [3.8, 4) is 0 Å². The lowest BCUT2D eigenvalue weighted by Gasteiger charge is -2.27. The Kier molecular flexibility index (Phi) is 5.79. The minimum atomic E-state index is -0.925. The molecule has 0 aromatic rings. The van der Waals surface area contributed by atoms with Gasteiger partial charge in [0.25, 0.3) is 0 Å². The van der Waals surface area contributed by atoms with Crippen molar-refractivity contribution in [2.75, 3.05) is 6.54 Å². The maximum Gasteiger partial charge on any atom is 0.307 e. The van der Waals surface area contributed by atoms with Gasteiger partial charge in [-0.25, -0.2) is 0 Å². The topological polar surface area (TPSA) is 95.5 Å². The van der Waals surface area contributed by atoms with E-state index in [0.717, 1.165) is 12.8 Å². The van der Waals surface area contributed by atoms with E-state index in [4.69, 9.17) is 5.11 Å².